The first-order valence-corrected chi connectivity index (χ1v) is 8.61. The van der Waals surface area contributed by atoms with E-state index in [0.29, 0.717) is 6.04 Å². The van der Waals surface area contributed by atoms with Crippen LogP contribution >= 0.6 is 39.0 Å². The molecule has 0 bridgehead atoms. The van der Waals surface area contributed by atoms with Crippen LogP contribution in [0, 0.1) is 5.92 Å². The van der Waals surface area contributed by atoms with Crippen molar-refractivity contribution in [3.8, 4) is 0 Å². The fourth-order valence-electron chi connectivity index (χ4n) is 2.22. The summed E-state index contributed by atoms with van der Waals surface area (Å²) >= 11 is 7.52. The van der Waals surface area contributed by atoms with Gasteiger partial charge in [-0.25, -0.2) is 0 Å². The Balaban J connectivity index is 1.96. The second-order valence-corrected chi connectivity index (χ2v) is 7.90. The summed E-state index contributed by atoms with van der Waals surface area (Å²) < 4.78 is 1.25. The van der Waals surface area contributed by atoms with Gasteiger partial charge in [-0.05, 0) is 64.9 Å². The Morgan fingerprint density at radius 1 is 1.56 bits per heavy atom. The summed E-state index contributed by atoms with van der Waals surface area (Å²) in [5, 5.41) is 3.66. The van der Waals surface area contributed by atoms with Crippen LogP contribution in [0.15, 0.2) is 15.9 Å². The Bertz CT molecular complexity index is 321. The van der Waals surface area contributed by atoms with Gasteiger partial charge in [-0.3, -0.25) is 0 Å². The Hall–Kier alpha value is 0.490. The molecule has 0 spiro atoms. The number of rotatable bonds is 5. The van der Waals surface area contributed by atoms with Crippen molar-refractivity contribution in [2.45, 2.75) is 25.8 Å². The summed E-state index contributed by atoms with van der Waals surface area (Å²) in [6.07, 6.45) is 2.57. The molecule has 1 aromatic heterocycles. The minimum absolute atomic E-state index is 0.672. The van der Waals surface area contributed by atoms with E-state index in [1.54, 1.807) is 0 Å². The number of thioether (sulfide) groups is 1. The molecule has 4 heteroatoms. The third-order valence-corrected chi connectivity index (χ3v) is 5.88. The number of hydrogen-bond acceptors (Lipinski definition) is 3. The molecule has 1 aliphatic heterocycles. The average Bonchev–Trinajstić information content (AvgIpc) is 2.88. The molecule has 1 N–H and O–H groups in total. The number of thiophene rings is 1. The van der Waals surface area contributed by atoms with Gasteiger partial charge in [-0.1, -0.05) is 6.92 Å². The average molecular weight is 320 g/mol. The molecule has 1 nitrogen and oxygen atoms in total. The Kier molecular flexibility index (Phi) is 5.20. The molecule has 1 aliphatic rings. The van der Waals surface area contributed by atoms with Gasteiger partial charge in [0.15, 0.2) is 0 Å². The molecule has 2 heterocycles. The van der Waals surface area contributed by atoms with E-state index in [-0.39, 0.29) is 0 Å². The molecule has 0 amide bonds. The normalized spacial score (nSPS) is 22.5. The van der Waals surface area contributed by atoms with Crippen LogP contribution in [0.2, 0.25) is 0 Å². The standard InChI is InChI=1S/C12H18BrNS2/c1-2-14-11(9-5-6-15-8-9)7-10-3-4-12(13)16-10/h3-4,9,11,14H,2,5-8H2,1H3. The highest BCUT2D eigenvalue weighted by Gasteiger charge is 2.25. The van der Waals surface area contributed by atoms with E-state index in [1.807, 2.05) is 11.3 Å². The highest BCUT2D eigenvalue weighted by molar-refractivity contribution is 9.11. The fourth-order valence-corrected chi connectivity index (χ4v) is 5.10. The summed E-state index contributed by atoms with van der Waals surface area (Å²) in [7, 11) is 0. The number of nitrogens with one attached hydrogen (secondary N) is 1. The van der Waals surface area contributed by atoms with Crippen LogP contribution in [-0.4, -0.2) is 24.1 Å². The van der Waals surface area contributed by atoms with Gasteiger partial charge in [0.2, 0.25) is 0 Å². The lowest BCUT2D eigenvalue weighted by molar-refractivity contribution is 0.389. The molecule has 0 radical (unpaired) electrons. The van der Waals surface area contributed by atoms with Gasteiger partial charge in [0, 0.05) is 10.9 Å². The van der Waals surface area contributed by atoms with Crippen LogP contribution in [0.5, 0.6) is 0 Å². The number of hydrogen-bond donors (Lipinski definition) is 1. The van der Waals surface area contributed by atoms with E-state index in [4.69, 9.17) is 0 Å². The minimum atomic E-state index is 0.672. The molecule has 0 saturated carbocycles. The summed E-state index contributed by atoms with van der Waals surface area (Å²) in [6.45, 7) is 3.29. The molecule has 1 fully saturated rings. The predicted molar refractivity (Wildman–Crippen MR) is 78.6 cm³/mol. The maximum Gasteiger partial charge on any atom is 0.0701 e. The van der Waals surface area contributed by atoms with E-state index in [0.717, 1.165) is 12.5 Å². The Morgan fingerprint density at radius 3 is 3.00 bits per heavy atom. The zero-order chi connectivity index (χ0) is 11.4. The van der Waals surface area contributed by atoms with Gasteiger partial charge in [-0.15, -0.1) is 11.3 Å². The fraction of sp³-hybridized carbons (Fsp3) is 0.667. The summed E-state index contributed by atoms with van der Waals surface area (Å²) in [5.74, 6) is 3.55. The lowest BCUT2D eigenvalue weighted by Crippen LogP contribution is -2.37. The molecule has 0 aliphatic carbocycles. The first-order chi connectivity index (χ1) is 7.79. The van der Waals surface area contributed by atoms with E-state index in [1.165, 1.54) is 33.0 Å². The highest BCUT2D eigenvalue weighted by Crippen LogP contribution is 2.30. The molecule has 2 atom stereocenters. The summed E-state index contributed by atoms with van der Waals surface area (Å²) in [5.41, 5.74) is 0. The molecule has 1 aromatic rings. The van der Waals surface area contributed by atoms with Gasteiger partial charge >= 0.3 is 0 Å². The Labute approximate surface area is 115 Å². The SMILES string of the molecule is CCNC(Cc1ccc(Br)s1)C1CCSC1. The molecule has 16 heavy (non-hydrogen) atoms. The smallest absolute Gasteiger partial charge is 0.0701 e. The van der Waals surface area contributed by atoms with Crippen molar-refractivity contribution in [2.75, 3.05) is 18.1 Å². The van der Waals surface area contributed by atoms with E-state index < -0.39 is 0 Å². The maximum absolute atomic E-state index is 3.66. The molecular formula is C12H18BrNS2. The number of halogens is 1. The second-order valence-electron chi connectivity index (χ2n) is 4.20. The van der Waals surface area contributed by atoms with Gasteiger partial charge < -0.3 is 5.32 Å². The van der Waals surface area contributed by atoms with Crippen molar-refractivity contribution in [3.05, 3.63) is 20.8 Å². The molecule has 0 aromatic carbocycles. The lowest BCUT2D eigenvalue weighted by Gasteiger charge is -2.23. The lowest BCUT2D eigenvalue weighted by atomic mass is 9.96. The van der Waals surface area contributed by atoms with Crippen molar-refractivity contribution in [2.24, 2.45) is 5.92 Å². The maximum atomic E-state index is 3.66. The van der Waals surface area contributed by atoms with Crippen LogP contribution < -0.4 is 5.32 Å². The van der Waals surface area contributed by atoms with Gasteiger partial charge in [0.05, 0.1) is 3.79 Å². The quantitative estimate of drug-likeness (QED) is 0.886. The summed E-state index contributed by atoms with van der Waals surface area (Å²) in [4.78, 5) is 1.50. The van der Waals surface area contributed by atoms with Crippen molar-refractivity contribution in [3.63, 3.8) is 0 Å². The highest BCUT2D eigenvalue weighted by atomic mass is 79.9. The van der Waals surface area contributed by atoms with Crippen molar-refractivity contribution in [1.29, 1.82) is 0 Å². The largest absolute Gasteiger partial charge is 0.314 e. The van der Waals surface area contributed by atoms with Crippen LogP contribution in [0.4, 0.5) is 0 Å². The topological polar surface area (TPSA) is 12.0 Å². The monoisotopic (exact) mass is 319 g/mol. The van der Waals surface area contributed by atoms with Crippen molar-refractivity contribution in [1.82, 2.24) is 5.32 Å². The first-order valence-electron chi connectivity index (χ1n) is 5.85. The molecule has 1 saturated heterocycles. The zero-order valence-corrected chi connectivity index (χ0v) is 12.8. The Morgan fingerprint density at radius 2 is 2.44 bits per heavy atom. The zero-order valence-electron chi connectivity index (χ0n) is 9.54. The predicted octanol–water partition coefficient (Wildman–Crippen LogP) is 3.78. The van der Waals surface area contributed by atoms with Crippen LogP contribution in [0.1, 0.15) is 18.2 Å². The molecule has 90 valence electrons. The molecular weight excluding hydrogens is 302 g/mol. The molecule has 2 rings (SSSR count). The van der Waals surface area contributed by atoms with Gasteiger partial charge in [-0.2, -0.15) is 11.8 Å². The molecule has 2 unspecified atom stereocenters. The van der Waals surface area contributed by atoms with Crippen molar-refractivity contribution >= 4 is 39.0 Å². The van der Waals surface area contributed by atoms with E-state index >= 15 is 0 Å². The van der Waals surface area contributed by atoms with Crippen molar-refractivity contribution < 1.29 is 0 Å². The van der Waals surface area contributed by atoms with Gasteiger partial charge in [0.1, 0.15) is 0 Å². The van der Waals surface area contributed by atoms with E-state index in [9.17, 15) is 0 Å². The van der Waals surface area contributed by atoms with Crippen LogP contribution in [0.3, 0.4) is 0 Å². The third kappa shape index (κ3) is 3.49. The second kappa shape index (κ2) is 6.43. The summed E-state index contributed by atoms with van der Waals surface area (Å²) in [6, 6.07) is 5.08. The number of likely N-dealkylation sites (N-methyl/N-ethyl adjacent to an activating group) is 1. The third-order valence-electron chi connectivity index (χ3n) is 3.05. The van der Waals surface area contributed by atoms with E-state index in [2.05, 4.69) is 52.1 Å². The van der Waals surface area contributed by atoms with Crippen LogP contribution in [-0.2, 0) is 6.42 Å². The first kappa shape index (κ1) is 12.9. The van der Waals surface area contributed by atoms with Crippen LogP contribution in [0.25, 0.3) is 0 Å². The minimum Gasteiger partial charge on any atom is -0.314 e. The van der Waals surface area contributed by atoms with Gasteiger partial charge in [0.25, 0.3) is 0 Å².